The number of likely N-dealkylation sites (tertiary alicyclic amines) is 1. The number of aryl methyl sites for hydroxylation is 1. The normalized spacial score (nSPS) is 18.5. The van der Waals surface area contributed by atoms with Crippen molar-refractivity contribution < 1.29 is 14.6 Å². The lowest BCUT2D eigenvalue weighted by Crippen LogP contribution is -2.33. The van der Waals surface area contributed by atoms with Gasteiger partial charge in [-0.3, -0.25) is 0 Å². The fourth-order valence-electron chi connectivity index (χ4n) is 2.28. The molecule has 0 aliphatic carbocycles. The summed E-state index contributed by atoms with van der Waals surface area (Å²) >= 11 is 0. The molecule has 0 saturated carbocycles. The molecule has 19 heavy (non-hydrogen) atoms. The lowest BCUT2D eigenvalue weighted by molar-refractivity contribution is 0.208. The van der Waals surface area contributed by atoms with E-state index >= 15 is 0 Å². The second-order valence-electron chi connectivity index (χ2n) is 4.92. The average Bonchev–Trinajstić information content (AvgIpc) is 2.88. The van der Waals surface area contributed by atoms with Gasteiger partial charge in [-0.2, -0.15) is 0 Å². The molecule has 2 rings (SSSR count). The molecule has 1 heterocycles. The Morgan fingerprint density at radius 3 is 3.00 bits per heavy atom. The van der Waals surface area contributed by atoms with Crippen LogP contribution in [0.5, 0.6) is 5.75 Å². The van der Waals surface area contributed by atoms with Crippen LogP contribution in [-0.2, 0) is 0 Å². The molecule has 104 valence electrons. The number of aliphatic hydroxyl groups excluding tert-OH is 1. The molecule has 2 amide bonds. The van der Waals surface area contributed by atoms with Crippen molar-refractivity contribution in [2.24, 2.45) is 5.92 Å². The van der Waals surface area contributed by atoms with Crippen LogP contribution in [0, 0.1) is 12.8 Å². The number of urea groups is 1. The van der Waals surface area contributed by atoms with Crippen LogP contribution in [-0.4, -0.2) is 42.8 Å². The molecular weight excluding hydrogens is 244 g/mol. The maximum atomic E-state index is 12.1. The molecule has 0 bridgehead atoms. The molecule has 1 aliphatic rings. The molecule has 5 heteroatoms. The quantitative estimate of drug-likeness (QED) is 0.875. The van der Waals surface area contributed by atoms with E-state index in [9.17, 15) is 4.79 Å². The van der Waals surface area contributed by atoms with Gasteiger partial charge in [0.15, 0.2) is 0 Å². The van der Waals surface area contributed by atoms with Crippen LogP contribution in [0.4, 0.5) is 10.5 Å². The summed E-state index contributed by atoms with van der Waals surface area (Å²) in [5.74, 6) is 0.849. The summed E-state index contributed by atoms with van der Waals surface area (Å²) in [4.78, 5) is 13.9. The number of methoxy groups -OCH3 is 1. The Balaban J connectivity index is 2.05. The SMILES string of the molecule is COc1ccc(C)cc1NC(=O)N1CCC(CO)C1. The maximum Gasteiger partial charge on any atom is 0.321 e. The van der Waals surface area contributed by atoms with Gasteiger partial charge in [-0.15, -0.1) is 0 Å². The van der Waals surface area contributed by atoms with Crippen molar-refractivity contribution in [1.29, 1.82) is 0 Å². The Hall–Kier alpha value is -1.75. The highest BCUT2D eigenvalue weighted by Crippen LogP contribution is 2.26. The number of amides is 2. The molecule has 1 aromatic carbocycles. The summed E-state index contributed by atoms with van der Waals surface area (Å²) in [5.41, 5.74) is 1.74. The van der Waals surface area contributed by atoms with Gasteiger partial charge in [-0.05, 0) is 31.0 Å². The molecule has 1 saturated heterocycles. The molecule has 1 atom stereocenters. The van der Waals surface area contributed by atoms with Crippen molar-refractivity contribution in [3.05, 3.63) is 23.8 Å². The zero-order chi connectivity index (χ0) is 13.8. The predicted octanol–water partition coefficient (Wildman–Crippen LogP) is 1.85. The monoisotopic (exact) mass is 264 g/mol. The number of ether oxygens (including phenoxy) is 1. The highest BCUT2D eigenvalue weighted by atomic mass is 16.5. The van der Waals surface area contributed by atoms with E-state index in [0.717, 1.165) is 12.0 Å². The number of benzene rings is 1. The fraction of sp³-hybridized carbons (Fsp3) is 0.500. The molecule has 1 aromatic rings. The van der Waals surface area contributed by atoms with Gasteiger partial charge in [0.2, 0.25) is 0 Å². The Kier molecular flexibility index (Phi) is 4.27. The third kappa shape index (κ3) is 3.17. The van der Waals surface area contributed by atoms with Crippen molar-refractivity contribution >= 4 is 11.7 Å². The minimum Gasteiger partial charge on any atom is -0.495 e. The second kappa shape index (κ2) is 5.93. The summed E-state index contributed by atoms with van der Waals surface area (Å²) in [6, 6.07) is 5.52. The van der Waals surface area contributed by atoms with Gasteiger partial charge < -0.3 is 20.1 Å². The number of nitrogens with one attached hydrogen (secondary N) is 1. The highest BCUT2D eigenvalue weighted by Gasteiger charge is 2.26. The van der Waals surface area contributed by atoms with Gasteiger partial charge in [-0.25, -0.2) is 4.79 Å². The van der Waals surface area contributed by atoms with Gasteiger partial charge in [0.1, 0.15) is 5.75 Å². The van der Waals surface area contributed by atoms with Crippen LogP contribution in [0.15, 0.2) is 18.2 Å². The van der Waals surface area contributed by atoms with Crippen LogP contribution in [0.3, 0.4) is 0 Å². The molecular formula is C14H20N2O3. The summed E-state index contributed by atoms with van der Waals surface area (Å²) in [6.07, 6.45) is 0.856. The van der Waals surface area contributed by atoms with E-state index in [4.69, 9.17) is 9.84 Å². The van der Waals surface area contributed by atoms with Gasteiger partial charge in [0.05, 0.1) is 12.8 Å². The van der Waals surface area contributed by atoms with Crippen LogP contribution < -0.4 is 10.1 Å². The number of carbonyl (C=O) groups is 1. The van der Waals surface area contributed by atoms with E-state index in [2.05, 4.69) is 5.32 Å². The van der Waals surface area contributed by atoms with Crippen molar-refractivity contribution in [3.63, 3.8) is 0 Å². The third-order valence-corrected chi connectivity index (χ3v) is 3.43. The Morgan fingerprint density at radius 2 is 2.37 bits per heavy atom. The van der Waals surface area contributed by atoms with Crippen molar-refractivity contribution in [1.82, 2.24) is 4.90 Å². The Morgan fingerprint density at radius 1 is 1.58 bits per heavy atom. The Labute approximate surface area is 113 Å². The first-order valence-corrected chi connectivity index (χ1v) is 6.45. The van der Waals surface area contributed by atoms with Gasteiger partial charge in [0.25, 0.3) is 0 Å². The van der Waals surface area contributed by atoms with E-state index in [0.29, 0.717) is 24.5 Å². The lowest BCUT2D eigenvalue weighted by Gasteiger charge is -2.18. The Bertz CT molecular complexity index is 462. The number of carbonyl (C=O) groups excluding carboxylic acids is 1. The molecule has 0 spiro atoms. The number of aliphatic hydroxyl groups is 1. The van der Waals surface area contributed by atoms with Gasteiger partial charge in [0, 0.05) is 25.6 Å². The molecule has 1 fully saturated rings. The van der Waals surface area contributed by atoms with Crippen LogP contribution in [0.2, 0.25) is 0 Å². The minimum atomic E-state index is -0.139. The van der Waals surface area contributed by atoms with E-state index in [1.54, 1.807) is 12.0 Å². The minimum absolute atomic E-state index is 0.136. The van der Waals surface area contributed by atoms with Gasteiger partial charge >= 0.3 is 6.03 Å². The molecule has 2 N–H and O–H groups in total. The van der Waals surface area contributed by atoms with Crippen molar-refractivity contribution in [2.75, 3.05) is 32.1 Å². The van der Waals surface area contributed by atoms with Crippen LogP contribution in [0.25, 0.3) is 0 Å². The van der Waals surface area contributed by atoms with E-state index < -0.39 is 0 Å². The molecule has 1 aliphatic heterocycles. The topological polar surface area (TPSA) is 61.8 Å². The van der Waals surface area contributed by atoms with Crippen LogP contribution >= 0.6 is 0 Å². The van der Waals surface area contributed by atoms with E-state index in [1.165, 1.54) is 0 Å². The molecule has 0 radical (unpaired) electrons. The number of hydrogen-bond donors (Lipinski definition) is 2. The number of hydrogen-bond acceptors (Lipinski definition) is 3. The average molecular weight is 264 g/mol. The fourth-order valence-corrected chi connectivity index (χ4v) is 2.28. The zero-order valence-electron chi connectivity index (χ0n) is 11.3. The second-order valence-corrected chi connectivity index (χ2v) is 4.92. The number of anilines is 1. The summed E-state index contributed by atoms with van der Waals surface area (Å²) in [5, 5.41) is 12.0. The van der Waals surface area contributed by atoms with Crippen molar-refractivity contribution in [2.45, 2.75) is 13.3 Å². The zero-order valence-corrected chi connectivity index (χ0v) is 11.3. The van der Waals surface area contributed by atoms with Crippen LogP contribution in [0.1, 0.15) is 12.0 Å². The van der Waals surface area contributed by atoms with Crippen molar-refractivity contribution in [3.8, 4) is 5.75 Å². The first-order valence-electron chi connectivity index (χ1n) is 6.45. The third-order valence-electron chi connectivity index (χ3n) is 3.43. The number of nitrogens with zero attached hydrogens (tertiary/aromatic N) is 1. The molecule has 0 aromatic heterocycles. The smallest absolute Gasteiger partial charge is 0.321 e. The summed E-state index contributed by atoms with van der Waals surface area (Å²) in [7, 11) is 1.58. The predicted molar refractivity (Wildman–Crippen MR) is 73.5 cm³/mol. The standard InChI is InChI=1S/C14H20N2O3/c1-10-3-4-13(19-2)12(7-10)15-14(18)16-6-5-11(8-16)9-17/h3-4,7,11,17H,5-6,8-9H2,1-2H3,(H,15,18). The highest BCUT2D eigenvalue weighted by molar-refractivity contribution is 5.91. The lowest BCUT2D eigenvalue weighted by atomic mass is 10.1. The number of rotatable bonds is 3. The first kappa shape index (κ1) is 13.7. The van der Waals surface area contributed by atoms with E-state index in [-0.39, 0.29) is 18.6 Å². The first-order chi connectivity index (χ1) is 9.13. The largest absolute Gasteiger partial charge is 0.495 e. The van der Waals surface area contributed by atoms with Gasteiger partial charge in [-0.1, -0.05) is 6.07 Å². The van der Waals surface area contributed by atoms with E-state index in [1.807, 2.05) is 25.1 Å². The summed E-state index contributed by atoms with van der Waals surface area (Å²) < 4.78 is 5.23. The molecule has 5 nitrogen and oxygen atoms in total. The molecule has 1 unspecified atom stereocenters. The maximum absolute atomic E-state index is 12.1. The summed E-state index contributed by atoms with van der Waals surface area (Å²) in [6.45, 7) is 3.39.